The molecule has 0 radical (unpaired) electrons. The zero-order valence-electron chi connectivity index (χ0n) is 16.8. The van der Waals surface area contributed by atoms with Gasteiger partial charge in [-0.3, -0.25) is 19.9 Å². The van der Waals surface area contributed by atoms with Gasteiger partial charge in [-0.25, -0.2) is 4.79 Å². The third-order valence-corrected chi connectivity index (χ3v) is 4.11. The minimum Gasteiger partial charge on any atom is -0.480 e. The van der Waals surface area contributed by atoms with Gasteiger partial charge in [0.05, 0.1) is 6.54 Å². The summed E-state index contributed by atoms with van der Waals surface area (Å²) in [6.45, 7) is -0.382. The van der Waals surface area contributed by atoms with Gasteiger partial charge < -0.3 is 21.1 Å². The van der Waals surface area contributed by atoms with E-state index in [4.69, 9.17) is 5.26 Å². The number of anilines is 1. The van der Waals surface area contributed by atoms with Crippen molar-refractivity contribution in [2.45, 2.75) is 12.5 Å². The number of aliphatic carboxylic acids is 1. The van der Waals surface area contributed by atoms with E-state index in [1.807, 2.05) is 6.07 Å². The number of nitrogens with zero attached hydrogens (tertiary/aromatic N) is 2. The molecular weight excluding hydrogens is 400 g/mol. The Morgan fingerprint density at radius 1 is 1.13 bits per heavy atom. The number of rotatable bonds is 8. The Morgan fingerprint density at radius 3 is 2.52 bits per heavy atom. The van der Waals surface area contributed by atoms with Crippen LogP contribution in [0.15, 0.2) is 59.6 Å². The van der Waals surface area contributed by atoms with Gasteiger partial charge in [0.15, 0.2) is 6.19 Å². The number of aliphatic imine (C=N–C) groups is 1. The Hall–Kier alpha value is -4.39. The van der Waals surface area contributed by atoms with E-state index in [1.165, 1.54) is 13.1 Å². The van der Waals surface area contributed by atoms with Gasteiger partial charge in [0, 0.05) is 24.7 Å². The van der Waals surface area contributed by atoms with E-state index in [1.54, 1.807) is 48.7 Å². The van der Waals surface area contributed by atoms with Crippen molar-refractivity contribution in [3.63, 3.8) is 0 Å². The van der Waals surface area contributed by atoms with Crippen LogP contribution in [-0.4, -0.2) is 48.5 Å². The van der Waals surface area contributed by atoms with Gasteiger partial charge in [0.1, 0.15) is 6.04 Å². The van der Waals surface area contributed by atoms with Crippen molar-refractivity contribution in [1.82, 2.24) is 16.0 Å². The minimum absolute atomic E-state index is 0.127. The average molecular weight is 422 g/mol. The topological polar surface area (TPSA) is 156 Å². The molecule has 0 spiro atoms. The standard InChI is InChI=1S/C21H22N6O4/c1-23-21(25-13-22)26-16-9-5-8-15(11-16)19(29)24-12-18(28)27-17(20(30)31)10-14-6-3-2-4-7-14/h2-9,11,17H,10,12H2,1H3,(H,24,29)(H,27,28)(H,30,31)(H2,23,25,26). The summed E-state index contributed by atoms with van der Waals surface area (Å²) < 4.78 is 0. The van der Waals surface area contributed by atoms with Crippen LogP contribution in [0, 0.1) is 11.5 Å². The Labute approximate surface area is 179 Å². The summed E-state index contributed by atoms with van der Waals surface area (Å²) in [6, 6.07) is 14.2. The predicted octanol–water partition coefficient (Wildman–Crippen LogP) is 0.697. The Balaban J connectivity index is 1.92. The number of amides is 2. The van der Waals surface area contributed by atoms with E-state index < -0.39 is 23.8 Å². The smallest absolute Gasteiger partial charge is 0.326 e. The molecule has 10 nitrogen and oxygen atoms in total. The second-order valence-electron chi connectivity index (χ2n) is 6.35. The van der Waals surface area contributed by atoms with Crippen molar-refractivity contribution in [3.8, 4) is 6.19 Å². The van der Waals surface area contributed by atoms with Gasteiger partial charge in [0.25, 0.3) is 5.91 Å². The fourth-order valence-electron chi connectivity index (χ4n) is 2.63. The van der Waals surface area contributed by atoms with Crippen molar-refractivity contribution in [3.05, 3.63) is 65.7 Å². The predicted molar refractivity (Wildman–Crippen MR) is 114 cm³/mol. The number of carboxylic acids is 1. The normalized spacial score (nSPS) is 11.5. The van der Waals surface area contributed by atoms with E-state index in [0.717, 1.165) is 5.56 Å². The highest BCUT2D eigenvalue weighted by Crippen LogP contribution is 2.10. The Bertz CT molecular complexity index is 1000. The summed E-state index contributed by atoms with van der Waals surface area (Å²) >= 11 is 0. The van der Waals surface area contributed by atoms with Gasteiger partial charge in [-0.2, -0.15) is 5.26 Å². The van der Waals surface area contributed by atoms with Crippen LogP contribution >= 0.6 is 0 Å². The van der Waals surface area contributed by atoms with E-state index in [-0.39, 0.29) is 24.5 Å². The summed E-state index contributed by atoms with van der Waals surface area (Å²) in [5.74, 6) is -2.10. The first kappa shape index (κ1) is 22.9. The third-order valence-electron chi connectivity index (χ3n) is 4.11. The van der Waals surface area contributed by atoms with E-state index in [9.17, 15) is 19.5 Å². The van der Waals surface area contributed by atoms with Gasteiger partial charge in [-0.15, -0.1) is 0 Å². The number of nitriles is 1. The molecule has 31 heavy (non-hydrogen) atoms. The lowest BCUT2D eigenvalue weighted by atomic mass is 10.1. The number of benzene rings is 2. The molecule has 2 aromatic rings. The number of carbonyl (C=O) groups excluding carboxylic acids is 2. The molecule has 5 N–H and O–H groups in total. The van der Waals surface area contributed by atoms with E-state index in [0.29, 0.717) is 5.69 Å². The molecule has 160 valence electrons. The molecule has 0 fully saturated rings. The molecule has 0 aromatic heterocycles. The first-order chi connectivity index (χ1) is 14.9. The summed E-state index contributed by atoms with van der Waals surface area (Å²) in [5.41, 5.74) is 1.54. The van der Waals surface area contributed by atoms with Crippen LogP contribution in [0.1, 0.15) is 15.9 Å². The number of hydrogen-bond acceptors (Lipinski definition) is 5. The first-order valence-corrected chi connectivity index (χ1v) is 9.26. The first-order valence-electron chi connectivity index (χ1n) is 9.26. The SMILES string of the molecule is CN=C(NC#N)Nc1cccc(C(=O)NCC(=O)NC(Cc2ccccc2)C(=O)O)c1. The fourth-order valence-corrected chi connectivity index (χ4v) is 2.63. The maximum absolute atomic E-state index is 12.4. The molecule has 2 rings (SSSR count). The average Bonchev–Trinajstić information content (AvgIpc) is 2.77. The van der Waals surface area contributed by atoms with Gasteiger partial charge in [-0.1, -0.05) is 36.4 Å². The summed E-state index contributed by atoms with van der Waals surface area (Å²) in [7, 11) is 1.49. The van der Waals surface area contributed by atoms with Crippen molar-refractivity contribution in [2.24, 2.45) is 4.99 Å². The van der Waals surface area contributed by atoms with E-state index >= 15 is 0 Å². The number of nitrogens with one attached hydrogen (secondary N) is 4. The van der Waals surface area contributed by atoms with Crippen LogP contribution in [0.2, 0.25) is 0 Å². The fraction of sp³-hybridized carbons (Fsp3) is 0.190. The van der Waals surface area contributed by atoms with Gasteiger partial charge in [0.2, 0.25) is 11.9 Å². The molecule has 0 aliphatic carbocycles. The zero-order valence-corrected chi connectivity index (χ0v) is 16.8. The molecule has 10 heteroatoms. The van der Waals surface area contributed by atoms with Crippen LogP contribution in [0.5, 0.6) is 0 Å². The minimum atomic E-state index is -1.17. The molecule has 1 atom stereocenters. The Kier molecular flexibility index (Phi) is 8.55. The molecule has 1 unspecified atom stereocenters. The van der Waals surface area contributed by atoms with Gasteiger partial charge >= 0.3 is 5.97 Å². The van der Waals surface area contributed by atoms with Crippen LogP contribution < -0.4 is 21.3 Å². The summed E-state index contributed by atoms with van der Waals surface area (Å²) in [6.07, 6.45) is 1.87. The molecule has 0 heterocycles. The third kappa shape index (κ3) is 7.51. The van der Waals surface area contributed by atoms with Crippen molar-refractivity contribution < 1.29 is 19.5 Å². The molecule has 0 aliphatic heterocycles. The lowest BCUT2D eigenvalue weighted by Crippen LogP contribution is -2.46. The monoisotopic (exact) mass is 422 g/mol. The second kappa shape index (κ2) is 11.6. The molecule has 0 saturated heterocycles. The number of hydrogen-bond donors (Lipinski definition) is 5. The van der Waals surface area contributed by atoms with E-state index in [2.05, 4.69) is 26.3 Å². The maximum atomic E-state index is 12.4. The maximum Gasteiger partial charge on any atom is 0.326 e. The molecule has 2 aromatic carbocycles. The largest absolute Gasteiger partial charge is 0.480 e. The lowest BCUT2D eigenvalue weighted by molar-refractivity contribution is -0.141. The molecule has 2 amide bonds. The number of carboxylic acid groups (broad SMARTS) is 1. The lowest BCUT2D eigenvalue weighted by Gasteiger charge is -2.15. The molecule has 0 bridgehead atoms. The Morgan fingerprint density at radius 2 is 1.87 bits per heavy atom. The molecule has 0 saturated carbocycles. The highest BCUT2D eigenvalue weighted by Gasteiger charge is 2.20. The molecule has 0 aliphatic rings. The second-order valence-corrected chi connectivity index (χ2v) is 6.35. The molecular formula is C21H22N6O4. The number of guanidine groups is 1. The quantitative estimate of drug-likeness (QED) is 0.181. The summed E-state index contributed by atoms with van der Waals surface area (Å²) in [5, 5.41) is 28.1. The highest BCUT2D eigenvalue weighted by atomic mass is 16.4. The highest BCUT2D eigenvalue weighted by molar-refractivity contribution is 5.99. The summed E-state index contributed by atoms with van der Waals surface area (Å²) in [4.78, 5) is 39.8. The van der Waals surface area contributed by atoms with Crippen molar-refractivity contribution in [1.29, 1.82) is 5.26 Å². The van der Waals surface area contributed by atoms with Gasteiger partial charge in [-0.05, 0) is 23.8 Å². The number of carbonyl (C=O) groups is 3. The van der Waals surface area contributed by atoms with Crippen LogP contribution in [0.25, 0.3) is 0 Å². The van der Waals surface area contributed by atoms with Crippen LogP contribution in [-0.2, 0) is 16.0 Å². The zero-order chi connectivity index (χ0) is 22.6. The van der Waals surface area contributed by atoms with Crippen molar-refractivity contribution >= 4 is 29.4 Å². The van der Waals surface area contributed by atoms with Crippen LogP contribution in [0.4, 0.5) is 5.69 Å². The van der Waals surface area contributed by atoms with Crippen molar-refractivity contribution in [2.75, 3.05) is 18.9 Å². The van der Waals surface area contributed by atoms with Crippen LogP contribution in [0.3, 0.4) is 0 Å².